The summed E-state index contributed by atoms with van der Waals surface area (Å²) >= 11 is 0. The van der Waals surface area contributed by atoms with E-state index in [2.05, 4.69) is 35.4 Å². The maximum Gasteiger partial charge on any atom is 0.416 e. The number of halogens is 6. The van der Waals surface area contributed by atoms with E-state index in [9.17, 15) is 31.1 Å². The summed E-state index contributed by atoms with van der Waals surface area (Å²) in [6.45, 7) is 3.44. The number of carbonyl (C=O) groups is 1. The molecule has 2 saturated heterocycles. The predicted octanol–water partition coefficient (Wildman–Crippen LogP) is 8.56. The van der Waals surface area contributed by atoms with Gasteiger partial charge in [-0.1, -0.05) is 30.3 Å². The van der Waals surface area contributed by atoms with Crippen LogP contribution in [0.3, 0.4) is 0 Å². The summed E-state index contributed by atoms with van der Waals surface area (Å²) < 4.78 is 77.9. The SMILES string of the molecule is FC(F)(F)c1cccc(-c2ccc3c(n2)N[C@H]2CCN3C2)c1.O=C(Nc1ccccn1)N1c2nc(-c3cccc(C(F)(F)F)c3)ccc2N2CC[C@H]1C2. The molecule has 9 nitrogen and oxygen atoms in total. The number of nitrogens with zero attached hydrogens (tertiary/aromatic N) is 6. The molecule has 3 aromatic heterocycles. The van der Waals surface area contributed by atoms with Crippen LogP contribution in [0.25, 0.3) is 22.5 Å². The highest BCUT2D eigenvalue weighted by Gasteiger charge is 2.41. The number of fused-ring (bicyclic) bond motifs is 8. The molecule has 4 aliphatic heterocycles. The zero-order valence-corrected chi connectivity index (χ0v) is 28.0. The third-order valence-corrected chi connectivity index (χ3v) is 9.79. The van der Waals surface area contributed by atoms with E-state index in [-0.39, 0.29) is 12.1 Å². The number of hydrogen-bond acceptors (Lipinski definition) is 7. The molecule has 5 aromatic rings. The van der Waals surface area contributed by atoms with Gasteiger partial charge in [0.1, 0.15) is 5.82 Å². The standard InChI is InChI=1S/C22H18F3N5O.C16H14F3N3/c23-22(24,25)15-5-3-4-14(12-15)17-7-8-18-20(27-17)30(16-9-11-29(18)13-16)21(31)28-19-6-1-2-10-26-19;17-16(18,19)11-3-1-2-10(8-11)13-4-5-14-15(21-13)20-12-6-7-22(14)9-12/h1-8,10,12,16H,9,11,13H2,(H,26,28,31);1-5,8,12H,6-7,9H2,(H,20,21)/t16-;12-/m00/s1. The second-order valence-corrected chi connectivity index (χ2v) is 13.2. The number of pyridine rings is 3. The van der Waals surface area contributed by atoms with Crippen molar-refractivity contribution in [2.75, 3.05) is 51.5 Å². The highest BCUT2D eigenvalue weighted by molar-refractivity contribution is 6.04. The summed E-state index contributed by atoms with van der Waals surface area (Å²) in [5.74, 6) is 1.63. The van der Waals surface area contributed by atoms with Crippen molar-refractivity contribution in [3.63, 3.8) is 0 Å². The van der Waals surface area contributed by atoms with Crippen LogP contribution in [0, 0.1) is 0 Å². The van der Waals surface area contributed by atoms with Crippen molar-refractivity contribution in [2.24, 2.45) is 0 Å². The van der Waals surface area contributed by atoms with Gasteiger partial charge in [-0.25, -0.2) is 19.7 Å². The van der Waals surface area contributed by atoms with Crippen molar-refractivity contribution in [3.05, 3.63) is 108 Å². The minimum Gasteiger partial charge on any atom is -0.366 e. The molecule has 2 fully saturated rings. The van der Waals surface area contributed by atoms with Crippen molar-refractivity contribution in [2.45, 2.75) is 37.3 Å². The molecule has 2 amide bonds. The minimum atomic E-state index is -4.44. The third kappa shape index (κ3) is 6.90. The molecular weight excluding hydrogens is 698 g/mol. The number of aromatic nitrogens is 3. The number of nitrogens with one attached hydrogen (secondary N) is 2. The number of alkyl halides is 6. The fraction of sp³-hybridized carbons (Fsp3) is 0.263. The van der Waals surface area contributed by atoms with E-state index < -0.39 is 23.5 Å². The molecule has 15 heteroatoms. The molecule has 0 unspecified atom stereocenters. The van der Waals surface area contributed by atoms with Gasteiger partial charge in [-0.2, -0.15) is 26.3 Å². The molecule has 2 atom stereocenters. The average Bonchev–Trinajstić information content (AvgIpc) is 3.75. The minimum absolute atomic E-state index is 0.0690. The van der Waals surface area contributed by atoms with Gasteiger partial charge < -0.3 is 15.1 Å². The van der Waals surface area contributed by atoms with Crippen LogP contribution in [0.15, 0.2) is 97.2 Å². The first-order chi connectivity index (χ1) is 25.4. The van der Waals surface area contributed by atoms with E-state index in [1.165, 1.54) is 12.1 Å². The van der Waals surface area contributed by atoms with Gasteiger partial charge in [0.2, 0.25) is 0 Å². The first-order valence-corrected chi connectivity index (χ1v) is 17.1. The number of carbonyl (C=O) groups excluding carboxylic acids is 1. The van der Waals surface area contributed by atoms with E-state index >= 15 is 0 Å². The van der Waals surface area contributed by atoms with Crippen LogP contribution in [-0.4, -0.2) is 59.2 Å². The maximum absolute atomic E-state index is 13.1. The fourth-order valence-corrected chi connectivity index (χ4v) is 7.21. The molecule has 2 N–H and O–H groups in total. The second kappa shape index (κ2) is 13.3. The van der Waals surface area contributed by atoms with Gasteiger partial charge >= 0.3 is 18.4 Å². The van der Waals surface area contributed by atoms with Crippen LogP contribution < -0.4 is 25.3 Å². The Morgan fingerprint density at radius 3 is 2.02 bits per heavy atom. The van der Waals surface area contributed by atoms with Crippen LogP contribution in [0.4, 0.5) is 60.0 Å². The summed E-state index contributed by atoms with van der Waals surface area (Å²) in [5, 5.41) is 6.16. The van der Waals surface area contributed by atoms with Gasteiger partial charge in [0, 0.05) is 49.5 Å². The molecule has 0 saturated carbocycles. The van der Waals surface area contributed by atoms with Gasteiger partial charge in [0.25, 0.3) is 0 Å². The summed E-state index contributed by atoms with van der Waals surface area (Å²) in [5.41, 5.74) is 2.19. The van der Waals surface area contributed by atoms with E-state index in [0.29, 0.717) is 46.7 Å². The topological polar surface area (TPSA) is 89.5 Å². The Hall–Kier alpha value is -5.86. The Morgan fingerprint density at radius 1 is 0.717 bits per heavy atom. The number of benzene rings is 2. The van der Waals surface area contributed by atoms with Crippen molar-refractivity contribution in [3.8, 4) is 22.5 Å². The lowest BCUT2D eigenvalue weighted by Gasteiger charge is -2.35. The van der Waals surface area contributed by atoms with Gasteiger partial charge in [0.15, 0.2) is 11.6 Å². The van der Waals surface area contributed by atoms with E-state index in [1.54, 1.807) is 53.6 Å². The Labute approximate surface area is 300 Å². The number of hydrogen-bond donors (Lipinski definition) is 2. The lowest BCUT2D eigenvalue weighted by atomic mass is 10.1. The Bertz CT molecular complexity index is 2160. The van der Waals surface area contributed by atoms with Crippen molar-refractivity contribution >= 4 is 34.9 Å². The second-order valence-electron chi connectivity index (χ2n) is 13.2. The van der Waals surface area contributed by atoms with Crippen LogP contribution in [-0.2, 0) is 12.4 Å². The molecule has 0 spiro atoms. The smallest absolute Gasteiger partial charge is 0.366 e. The van der Waals surface area contributed by atoms with E-state index in [4.69, 9.17) is 0 Å². The molecule has 272 valence electrons. The first-order valence-electron chi connectivity index (χ1n) is 17.1. The van der Waals surface area contributed by atoms with Gasteiger partial charge in [-0.15, -0.1) is 0 Å². The lowest BCUT2D eigenvalue weighted by Crippen LogP contribution is -2.48. The Morgan fingerprint density at radius 2 is 1.36 bits per heavy atom. The van der Waals surface area contributed by atoms with E-state index in [0.717, 1.165) is 73.9 Å². The maximum atomic E-state index is 13.1. The van der Waals surface area contributed by atoms with Gasteiger partial charge in [-0.3, -0.25) is 10.2 Å². The molecule has 4 aliphatic rings. The summed E-state index contributed by atoms with van der Waals surface area (Å²) in [4.78, 5) is 32.4. The van der Waals surface area contributed by atoms with Crippen molar-refractivity contribution in [1.29, 1.82) is 0 Å². The molecule has 0 radical (unpaired) electrons. The molecule has 7 heterocycles. The van der Waals surface area contributed by atoms with Crippen LogP contribution in [0.1, 0.15) is 24.0 Å². The number of amides is 2. The lowest BCUT2D eigenvalue weighted by molar-refractivity contribution is -0.138. The quantitative estimate of drug-likeness (QED) is 0.180. The average molecular weight is 731 g/mol. The highest BCUT2D eigenvalue weighted by atomic mass is 19.4. The number of anilines is 5. The Balaban J connectivity index is 0.000000160. The molecule has 0 aliphatic carbocycles. The van der Waals surface area contributed by atoms with Crippen LogP contribution in [0.5, 0.6) is 0 Å². The van der Waals surface area contributed by atoms with Gasteiger partial charge in [0.05, 0.1) is 39.9 Å². The molecule has 2 aromatic carbocycles. The molecule has 9 rings (SSSR count). The van der Waals surface area contributed by atoms with Crippen LogP contribution in [0.2, 0.25) is 0 Å². The summed E-state index contributed by atoms with van der Waals surface area (Å²) in [7, 11) is 0. The van der Waals surface area contributed by atoms with Gasteiger partial charge in [-0.05, 0) is 73.5 Å². The largest absolute Gasteiger partial charge is 0.416 e. The van der Waals surface area contributed by atoms with Crippen molar-refractivity contribution in [1.82, 2.24) is 15.0 Å². The summed E-state index contributed by atoms with van der Waals surface area (Å²) in [6, 6.07) is 22.7. The molecule has 4 bridgehead atoms. The normalized spacial score (nSPS) is 18.4. The zero-order chi connectivity index (χ0) is 36.9. The number of urea groups is 1. The number of rotatable bonds is 3. The molecular formula is C38H32F6N8O. The predicted molar refractivity (Wildman–Crippen MR) is 190 cm³/mol. The monoisotopic (exact) mass is 730 g/mol. The van der Waals surface area contributed by atoms with Crippen LogP contribution >= 0.6 is 0 Å². The first kappa shape index (κ1) is 34.2. The summed E-state index contributed by atoms with van der Waals surface area (Å²) in [6.07, 6.45) is -5.35. The fourth-order valence-electron chi connectivity index (χ4n) is 7.21. The zero-order valence-electron chi connectivity index (χ0n) is 28.0. The Kier molecular flexibility index (Phi) is 8.58. The highest BCUT2D eigenvalue weighted by Crippen LogP contribution is 2.41. The van der Waals surface area contributed by atoms with Crippen molar-refractivity contribution < 1.29 is 31.1 Å². The van der Waals surface area contributed by atoms with E-state index in [1.807, 2.05) is 12.1 Å². The third-order valence-electron chi connectivity index (χ3n) is 9.79. The molecule has 53 heavy (non-hydrogen) atoms.